The van der Waals surface area contributed by atoms with Crippen molar-refractivity contribution in [3.05, 3.63) is 65.2 Å². The van der Waals surface area contributed by atoms with Gasteiger partial charge in [0.15, 0.2) is 0 Å². The van der Waals surface area contributed by atoms with Crippen LogP contribution in [0.15, 0.2) is 48.5 Å². The Morgan fingerprint density at radius 3 is 2.67 bits per heavy atom. The van der Waals surface area contributed by atoms with Crippen LogP contribution in [0, 0.1) is 0 Å². The molecule has 1 atom stereocenters. The predicted molar refractivity (Wildman–Crippen MR) is 93.4 cm³/mol. The second-order valence-electron chi connectivity index (χ2n) is 6.28. The van der Waals surface area contributed by atoms with Crippen molar-refractivity contribution in [3.63, 3.8) is 0 Å². The fourth-order valence-electron chi connectivity index (χ4n) is 3.21. The Morgan fingerprint density at radius 1 is 1.17 bits per heavy atom. The van der Waals surface area contributed by atoms with Gasteiger partial charge in [0, 0.05) is 13.0 Å². The van der Waals surface area contributed by atoms with Crippen LogP contribution in [0.4, 0.5) is 0 Å². The average molecular weight is 325 g/mol. The molecule has 0 radical (unpaired) electrons. The van der Waals surface area contributed by atoms with Crippen molar-refractivity contribution in [2.45, 2.75) is 31.8 Å². The molecule has 126 valence electrons. The zero-order chi connectivity index (χ0) is 17.0. The van der Waals surface area contributed by atoms with E-state index in [-0.39, 0.29) is 12.5 Å². The largest absolute Gasteiger partial charge is 0.493 e. The number of amides is 1. The number of ether oxygens (including phenoxy) is 1. The van der Waals surface area contributed by atoms with Crippen molar-refractivity contribution >= 4 is 5.91 Å². The Bertz CT molecular complexity index is 728. The summed E-state index contributed by atoms with van der Waals surface area (Å²) in [5.41, 5.74) is 2.05. The Kier molecular flexibility index (Phi) is 4.86. The van der Waals surface area contributed by atoms with Gasteiger partial charge < -0.3 is 15.2 Å². The van der Waals surface area contributed by atoms with Gasteiger partial charge in [0.25, 0.3) is 5.91 Å². The summed E-state index contributed by atoms with van der Waals surface area (Å²) in [5, 5.41) is 13.7. The maximum atomic E-state index is 12.5. The number of hydrogen-bond donors (Lipinski definition) is 2. The van der Waals surface area contributed by atoms with Gasteiger partial charge in [-0.05, 0) is 43.0 Å². The lowest BCUT2D eigenvalue weighted by atomic mass is 9.80. The van der Waals surface area contributed by atoms with Crippen LogP contribution in [0.1, 0.15) is 34.8 Å². The first kappa shape index (κ1) is 16.5. The Hall–Kier alpha value is -2.33. The van der Waals surface area contributed by atoms with Crippen molar-refractivity contribution in [2.24, 2.45) is 0 Å². The molecule has 3 rings (SSSR count). The fraction of sp³-hybridized carbons (Fsp3) is 0.350. The molecular weight excluding hydrogens is 302 g/mol. The number of hydrogen-bond acceptors (Lipinski definition) is 3. The monoisotopic (exact) mass is 325 g/mol. The van der Waals surface area contributed by atoms with Crippen LogP contribution < -0.4 is 10.1 Å². The van der Waals surface area contributed by atoms with E-state index < -0.39 is 5.60 Å². The molecule has 0 heterocycles. The molecule has 2 aromatic carbocycles. The van der Waals surface area contributed by atoms with Gasteiger partial charge in [0.05, 0.1) is 17.8 Å². The van der Waals surface area contributed by atoms with E-state index in [1.807, 2.05) is 37.3 Å². The molecule has 0 saturated carbocycles. The van der Waals surface area contributed by atoms with Gasteiger partial charge in [-0.3, -0.25) is 4.79 Å². The summed E-state index contributed by atoms with van der Waals surface area (Å²) in [6.07, 6.45) is 2.05. The number of fused-ring (bicyclic) bond motifs is 1. The number of rotatable bonds is 5. The van der Waals surface area contributed by atoms with Crippen molar-refractivity contribution in [3.8, 4) is 5.75 Å². The topological polar surface area (TPSA) is 58.6 Å². The maximum Gasteiger partial charge on any atom is 0.255 e. The molecular formula is C20H23NO3. The normalized spacial score (nSPS) is 19.4. The molecule has 0 bridgehead atoms. The van der Waals surface area contributed by atoms with E-state index >= 15 is 0 Å². The minimum Gasteiger partial charge on any atom is -0.493 e. The Balaban J connectivity index is 1.67. The summed E-state index contributed by atoms with van der Waals surface area (Å²) in [6.45, 7) is 2.63. The first-order chi connectivity index (χ1) is 11.6. The summed E-state index contributed by atoms with van der Waals surface area (Å²) in [5.74, 6) is 0.352. The third kappa shape index (κ3) is 3.60. The lowest BCUT2D eigenvalue weighted by Gasteiger charge is -2.33. The van der Waals surface area contributed by atoms with Crippen LogP contribution >= 0.6 is 0 Å². The van der Waals surface area contributed by atoms with E-state index in [2.05, 4.69) is 11.4 Å². The van der Waals surface area contributed by atoms with Crippen LogP contribution in [0.25, 0.3) is 0 Å². The number of aryl methyl sites for hydroxylation is 1. The van der Waals surface area contributed by atoms with Gasteiger partial charge >= 0.3 is 0 Å². The average Bonchev–Trinajstić information content (AvgIpc) is 2.60. The molecule has 1 aliphatic carbocycles. The molecule has 0 spiro atoms. The van der Waals surface area contributed by atoms with Gasteiger partial charge in [-0.1, -0.05) is 36.4 Å². The number of aliphatic hydroxyl groups is 1. The number of carbonyl (C=O) groups is 1. The molecule has 0 aliphatic heterocycles. The highest BCUT2D eigenvalue weighted by Crippen LogP contribution is 2.28. The zero-order valence-electron chi connectivity index (χ0n) is 13.9. The van der Waals surface area contributed by atoms with Crippen LogP contribution in [0.5, 0.6) is 5.75 Å². The van der Waals surface area contributed by atoms with Crippen molar-refractivity contribution in [1.82, 2.24) is 5.32 Å². The lowest BCUT2D eigenvalue weighted by molar-refractivity contribution is 0.0259. The van der Waals surface area contributed by atoms with Crippen molar-refractivity contribution in [1.29, 1.82) is 0 Å². The minimum atomic E-state index is -0.898. The number of nitrogens with one attached hydrogen (secondary N) is 1. The smallest absolute Gasteiger partial charge is 0.255 e. The minimum absolute atomic E-state index is 0.216. The number of benzene rings is 2. The quantitative estimate of drug-likeness (QED) is 0.889. The fourth-order valence-corrected chi connectivity index (χ4v) is 3.21. The molecule has 1 unspecified atom stereocenters. The molecule has 4 nitrogen and oxygen atoms in total. The van der Waals surface area contributed by atoms with Gasteiger partial charge in [-0.15, -0.1) is 0 Å². The molecule has 2 N–H and O–H groups in total. The van der Waals surface area contributed by atoms with E-state index in [0.29, 0.717) is 30.8 Å². The molecule has 0 fully saturated rings. The predicted octanol–water partition coefficient (Wildman–Crippen LogP) is 2.74. The summed E-state index contributed by atoms with van der Waals surface area (Å²) in [7, 11) is 0. The van der Waals surface area contributed by atoms with Gasteiger partial charge in [-0.25, -0.2) is 0 Å². The molecule has 1 aliphatic rings. The first-order valence-electron chi connectivity index (χ1n) is 8.40. The number of para-hydroxylation sites is 1. The highest BCUT2D eigenvalue weighted by Gasteiger charge is 2.32. The van der Waals surface area contributed by atoms with E-state index in [0.717, 1.165) is 12.0 Å². The van der Waals surface area contributed by atoms with E-state index in [1.165, 1.54) is 5.56 Å². The first-order valence-corrected chi connectivity index (χ1v) is 8.40. The van der Waals surface area contributed by atoms with Crippen molar-refractivity contribution in [2.75, 3.05) is 13.2 Å². The third-order valence-corrected chi connectivity index (χ3v) is 4.51. The van der Waals surface area contributed by atoms with Gasteiger partial charge in [0.2, 0.25) is 0 Å². The number of carbonyl (C=O) groups excluding carboxylic acids is 1. The summed E-state index contributed by atoms with van der Waals surface area (Å²) in [4.78, 5) is 12.5. The second-order valence-corrected chi connectivity index (χ2v) is 6.28. The molecule has 1 amide bonds. The highest BCUT2D eigenvalue weighted by molar-refractivity contribution is 5.96. The standard InChI is InChI=1S/C20H23NO3/c1-2-24-18-10-6-5-9-17(18)19(22)21-14-20(23)12-11-15-7-3-4-8-16(15)13-20/h3-10,23H,2,11-14H2,1H3,(H,21,22). The van der Waals surface area contributed by atoms with E-state index in [4.69, 9.17) is 4.74 Å². The molecule has 0 aromatic heterocycles. The molecule has 2 aromatic rings. The zero-order valence-corrected chi connectivity index (χ0v) is 13.9. The van der Waals surface area contributed by atoms with Crippen LogP contribution in [0.3, 0.4) is 0 Å². The van der Waals surface area contributed by atoms with Crippen LogP contribution in [-0.4, -0.2) is 29.8 Å². The lowest BCUT2D eigenvalue weighted by Crippen LogP contribution is -2.46. The highest BCUT2D eigenvalue weighted by atomic mass is 16.5. The van der Waals surface area contributed by atoms with Crippen LogP contribution in [-0.2, 0) is 12.8 Å². The molecule has 4 heteroatoms. The van der Waals surface area contributed by atoms with E-state index in [1.54, 1.807) is 12.1 Å². The Morgan fingerprint density at radius 2 is 1.88 bits per heavy atom. The Labute approximate surface area is 142 Å². The summed E-state index contributed by atoms with van der Waals surface area (Å²) >= 11 is 0. The van der Waals surface area contributed by atoms with Gasteiger partial charge in [-0.2, -0.15) is 0 Å². The molecule has 0 saturated heterocycles. The van der Waals surface area contributed by atoms with Gasteiger partial charge in [0.1, 0.15) is 5.75 Å². The molecule has 24 heavy (non-hydrogen) atoms. The summed E-state index contributed by atoms with van der Waals surface area (Å²) in [6, 6.07) is 15.3. The summed E-state index contributed by atoms with van der Waals surface area (Å²) < 4.78 is 5.50. The SMILES string of the molecule is CCOc1ccccc1C(=O)NCC1(O)CCc2ccccc2C1. The van der Waals surface area contributed by atoms with Crippen molar-refractivity contribution < 1.29 is 14.6 Å². The maximum absolute atomic E-state index is 12.5. The second kappa shape index (κ2) is 7.05. The van der Waals surface area contributed by atoms with E-state index in [9.17, 15) is 9.90 Å². The third-order valence-electron chi connectivity index (χ3n) is 4.51. The van der Waals surface area contributed by atoms with Crippen LogP contribution in [0.2, 0.25) is 0 Å².